The van der Waals surface area contributed by atoms with Crippen molar-refractivity contribution in [3.63, 3.8) is 0 Å². The molecule has 3 rings (SSSR count). The van der Waals surface area contributed by atoms with Gasteiger partial charge in [0.2, 0.25) is 5.95 Å². The van der Waals surface area contributed by atoms with Crippen molar-refractivity contribution in [2.45, 2.75) is 52.4 Å². The van der Waals surface area contributed by atoms with E-state index in [4.69, 9.17) is 5.73 Å². The number of nitrogens with one attached hydrogen (secondary N) is 1. The van der Waals surface area contributed by atoms with E-state index in [1.807, 2.05) is 19.9 Å². The largest absolute Gasteiger partial charge is 0.368 e. The van der Waals surface area contributed by atoms with Gasteiger partial charge in [0.15, 0.2) is 0 Å². The van der Waals surface area contributed by atoms with E-state index in [1.165, 1.54) is 44.7 Å². The molecule has 0 unspecified atom stereocenters. The summed E-state index contributed by atoms with van der Waals surface area (Å²) < 4.78 is 0. The Balaban J connectivity index is 0.000000246. The number of hydrogen-bond donors (Lipinski definition) is 2. The summed E-state index contributed by atoms with van der Waals surface area (Å²) in [6, 6.07) is 0. The Kier molecular flexibility index (Phi) is 5.69. The third kappa shape index (κ3) is 3.93. The highest BCUT2D eigenvalue weighted by Gasteiger charge is 2.08. The average Bonchev–Trinajstić information content (AvgIpc) is 2.56. The molecule has 5 heteroatoms. The maximum atomic E-state index is 11.6. The summed E-state index contributed by atoms with van der Waals surface area (Å²) in [6.07, 6.45) is 14.0. The number of fused-ring (bicyclic) bond motifs is 1. The molecule has 1 aliphatic carbocycles. The van der Waals surface area contributed by atoms with Crippen molar-refractivity contribution in [3.05, 3.63) is 34.4 Å². The van der Waals surface area contributed by atoms with Gasteiger partial charge in [-0.2, -0.15) is 0 Å². The highest BCUT2D eigenvalue weighted by atomic mass is 16.1. The van der Waals surface area contributed by atoms with Crippen molar-refractivity contribution in [2.75, 3.05) is 5.73 Å². The quantitative estimate of drug-likeness (QED) is 0.841. The smallest absolute Gasteiger partial charge is 0.259 e. The third-order valence-corrected chi connectivity index (χ3v) is 4.01. The molecule has 0 atom stereocenters. The van der Waals surface area contributed by atoms with Crippen molar-refractivity contribution in [3.8, 4) is 0 Å². The maximum Gasteiger partial charge on any atom is 0.259 e. The summed E-state index contributed by atoms with van der Waals surface area (Å²) in [5, 5.41) is 0.452. The number of H-pyrrole nitrogens is 1. The molecule has 2 aromatic heterocycles. The van der Waals surface area contributed by atoms with Crippen LogP contribution in [0, 0.1) is 0 Å². The molecule has 1 fully saturated rings. The first-order valence-electron chi connectivity index (χ1n) is 7.90. The Morgan fingerprint density at radius 1 is 1.23 bits per heavy atom. The first kappa shape index (κ1) is 16.2. The van der Waals surface area contributed by atoms with Crippen LogP contribution in [-0.4, -0.2) is 15.0 Å². The molecule has 0 aliphatic heterocycles. The second-order valence-corrected chi connectivity index (χ2v) is 5.61. The van der Waals surface area contributed by atoms with Crippen molar-refractivity contribution >= 4 is 22.4 Å². The van der Waals surface area contributed by atoms with E-state index < -0.39 is 0 Å². The van der Waals surface area contributed by atoms with Crippen LogP contribution < -0.4 is 11.3 Å². The van der Waals surface area contributed by atoms with Gasteiger partial charge in [-0.05, 0) is 19.4 Å². The second kappa shape index (κ2) is 7.73. The SMILES string of the molecule is C/C=C(\C)c1c[nH]c(=O)c2cnc(N)nc12.C1CCCCC1. The highest BCUT2D eigenvalue weighted by molar-refractivity contribution is 5.89. The van der Waals surface area contributed by atoms with Crippen LogP contribution in [0.1, 0.15) is 57.9 Å². The summed E-state index contributed by atoms with van der Waals surface area (Å²) in [6.45, 7) is 3.88. The lowest BCUT2D eigenvalue weighted by Gasteiger charge is -2.05. The lowest BCUT2D eigenvalue weighted by molar-refractivity contribution is 0.504. The molecule has 1 aliphatic rings. The lowest BCUT2D eigenvalue weighted by atomic mass is 10.0. The van der Waals surface area contributed by atoms with Gasteiger partial charge >= 0.3 is 0 Å². The van der Waals surface area contributed by atoms with Crippen LogP contribution in [0.15, 0.2) is 23.3 Å². The van der Waals surface area contributed by atoms with Crippen LogP contribution in [0.25, 0.3) is 16.5 Å². The number of pyridine rings is 1. The number of nitrogens with zero attached hydrogens (tertiary/aromatic N) is 2. The third-order valence-electron chi connectivity index (χ3n) is 4.01. The van der Waals surface area contributed by atoms with E-state index in [2.05, 4.69) is 15.0 Å². The van der Waals surface area contributed by atoms with Crippen LogP contribution in [0.4, 0.5) is 5.95 Å². The van der Waals surface area contributed by atoms with Gasteiger partial charge in [-0.3, -0.25) is 4.79 Å². The molecule has 0 aromatic carbocycles. The van der Waals surface area contributed by atoms with E-state index in [9.17, 15) is 4.79 Å². The van der Waals surface area contributed by atoms with Crippen LogP contribution >= 0.6 is 0 Å². The summed E-state index contributed by atoms with van der Waals surface area (Å²) in [4.78, 5) is 22.2. The fraction of sp³-hybridized carbons (Fsp3) is 0.471. The molecule has 2 heterocycles. The number of rotatable bonds is 1. The van der Waals surface area contributed by atoms with Crippen molar-refractivity contribution in [2.24, 2.45) is 0 Å². The standard InChI is InChI=1S/C11H12N4O.C6H12/c1-3-6(2)7-4-13-10(16)8-5-14-11(12)15-9(7)8;1-2-4-6-5-3-1/h3-5H,1-2H3,(H,13,16)(H2,12,14,15);1-6H2/b6-3+;. The summed E-state index contributed by atoms with van der Waals surface area (Å²) in [5.41, 5.74) is 7.81. The number of aromatic amines is 1. The fourth-order valence-electron chi connectivity index (χ4n) is 2.57. The number of hydrogen-bond acceptors (Lipinski definition) is 4. The summed E-state index contributed by atoms with van der Waals surface area (Å²) >= 11 is 0. The van der Waals surface area contributed by atoms with E-state index in [-0.39, 0.29) is 11.5 Å². The molecule has 1 saturated carbocycles. The summed E-state index contributed by atoms with van der Waals surface area (Å²) in [7, 11) is 0. The minimum Gasteiger partial charge on any atom is -0.368 e. The minimum atomic E-state index is -0.206. The zero-order valence-corrected chi connectivity index (χ0v) is 13.4. The molecule has 0 spiro atoms. The molecule has 0 saturated heterocycles. The maximum absolute atomic E-state index is 11.6. The van der Waals surface area contributed by atoms with Gasteiger partial charge in [0.25, 0.3) is 5.56 Å². The van der Waals surface area contributed by atoms with Crippen molar-refractivity contribution < 1.29 is 0 Å². The van der Waals surface area contributed by atoms with Crippen molar-refractivity contribution in [1.82, 2.24) is 15.0 Å². The first-order valence-corrected chi connectivity index (χ1v) is 7.90. The zero-order chi connectivity index (χ0) is 15.9. The normalized spacial score (nSPS) is 15.3. The number of allylic oxidation sites excluding steroid dienone is 2. The lowest BCUT2D eigenvalue weighted by Crippen LogP contribution is -2.09. The number of nitrogens with two attached hydrogens (primary N) is 1. The van der Waals surface area contributed by atoms with Crippen LogP contribution in [-0.2, 0) is 0 Å². The Hall–Kier alpha value is -2.17. The molecular weight excluding hydrogens is 276 g/mol. The predicted octanol–water partition coefficient (Wildman–Crippen LogP) is 3.66. The molecule has 2 aromatic rings. The number of nitrogen functional groups attached to an aromatic ring is 1. The van der Waals surface area contributed by atoms with Gasteiger partial charge in [-0.25, -0.2) is 9.97 Å². The van der Waals surface area contributed by atoms with E-state index in [1.54, 1.807) is 6.20 Å². The van der Waals surface area contributed by atoms with E-state index in [0.717, 1.165) is 11.1 Å². The van der Waals surface area contributed by atoms with Crippen molar-refractivity contribution in [1.29, 1.82) is 0 Å². The van der Waals surface area contributed by atoms with Gasteiger partial charge in [0, 0.05) is 18.0 Å². The molecule has 22 heavy (non-hydrogen) atoms. The number of anilines is 1. The first-order chi connectivity index (χ1) is 10.6. The predicted molar refractivity (Wildman–Crippen MR) is 91.6 cm³/mol. The van der Waals surface area contributed by atoms with E-state index >= 15 is 0 Å². The van der Waals surface area contributed by atoms with Crippen LogP contribution in [0.5, 0.6) is 0 Å². The molecule has 5 nitrogen and oxygen atoms in total. The monoisotopic (exact) mass is 300 g/mol. The Bertz CT molecular complexity index is 703. The second-order valence-electron chi connectivity index (χ2n) is 5.61. The van der Waals surface area contributed by atoms with Crippen LogP contribution in [0.2, 0.25) is 0 Å². The van der Waals surface area contributed by atoms with E-state index in [0.29, 0.717) is 10.9 Å². The van der Waals surface area contributed by atoms with Gasteiger partial charge in [0.1, 0.15) is 0 Å². The Morgan fingerprint density at radius 3 is 2.36 bits per heavy atom. The Morgan fingerprint density at radius 2 is 1.82 bits per heavy atom. The van der Waals surface area contributed by atoms with Gasteiger partial charge in [-0.1, -0.05) is 44.6 Å². The summed E-state index contributed by atoms with van der Waals surface area (Å²) in [5.74, 6) is 0.170. The van der Waals surface area contributed by atoms with Crippen LogP contribution in [0.3, 0.4) is 0 Å². The molecule has 3 N–H and O–H groups in total. The van der Waals surface area contributed by atoms with Gasteiger partial charge < -0.3 is 10.7 Å². The fourth-order valence-corrected chi connectivity index (χ4v) is 2.57. The average molecular weight is 300 g/mol. The molecule has 0 radical (unpaired) electrons. The molecule has 0 bridgehead atoms. The highest BCUT2D eigenvalue weighted by Crippen LogP contribution is 2.20. The Labute approximate surface area is 130 Å². The zero-order valence-electron chi connectivity index (χ0n) is 13.4. The minimum absolute atomic E-state index is 0.170. The molecular formula is C17H24N4O. The topological polar surface area (TPSA) is 84.7 Å². The van der Waals surface area contributed by atoms with Gasteiger partial charge in [-0.15, -0.1) is 0 Å². The molecule has 0 amide bonds. The van der Waals surface area contributed by atoms with Gasteiger partial charge in [0.05, 0.1) is 10.9 Å². The number of aromatic nitrogens is 3. The molecule has 118 valence electrons.